The monoisotopic (exact) mass is 467 g/mol. The quantitative estimate of drug-likeness (QED) is 0.546. The summed E-state index contributed by atoms with van der Waals surface area (Å²) in [6.07, 6.45) is 4.12. The van der Waals surface area contributed by atoms with Gasteiger partial charge in [0.1, 0.15) is 5.75 Å². The second-order valence-corrected chi connectivity index (χ2v) is 8.21. The predicted molar refractivity (Wildman–Crippen MR) is 125 cm³/mol. The molecule has 3 atom stereocenters. The van der Waals surface area contributed by atoms with Crippen LogP contribution in [-0.2, 0) is 4.79 Å². The van der Waals surface area contributed by atoms with Crippen LogP contribution in [0.5, 0.6) is 17.2 Å². The van der Waals surface area contributed by atoms with Gasteiger partial charge in [-0.05, 0) is 41.8 Å². The fraction of sp³-hybridized carbons (Fsp3) is 0.360. The molecule has 2 aliphatic rings. The van der Waals surface area contributed by atoms with Gasteiger partial charge in [-0.15, -0.1) is 0 Å². The van der Waals surface area contributed by atoms with Gasteiger partial charge in [0.15, 0.2) is 11.5 Å². The van der Waals surface area contributed by atoms with Crippen LogP contribution in [0.25, 0.3) is 0 Å². The Balaban J connectivity index is 1.65. The van der Waals surface area contributed by atoms with Crippen molar-refractivity contribution in [3.63, 3.8) is 0 Å². The van der Waals surface area contributed by atoms with Crippen LogP contribution >= 0.6 is 0 Å². The van der Waals surface area contributed by atoms with Gasteiger partial charge in [0.2, 0.25) is 6.79 Å². The Morgan fingerprint density at radius 2 is 1.88 bits per heavy atom. The van der Waals surface area contributed by atoms with E-state index in [-0.39, 0.29) is 18.7 Å². The van der Waals surface area contributed by atoms with Crippen LogP contribution in [-0.4, -0.2) is 49.0 Å². The van der Waals surface area contributed by atoms with E-state index >= 15 is 0 Å². The first-order valence-electron chi connectivity index (χ1n) is 11.2. The summed E-state index contributed by atoms with van der Waals surface area (Å²) in [5.41, 5.74) is 1.70. The van der Waals surface area contributed by atoms with Crippen LogP contribution in [0.1, 0.15) is 36.4 Å². The summed E-state index contributed by atoms with van der Waals surface area (Å²) >= 11 is 0. The normalized spacial score (nSPS) is 21.0. The van der Waals surface area contributed by atoms with Crippen LogP contribution in [0.3, 0.4) is 0 Å². The van der Waals surface area contributed by atoms with E-state index in [2.05, 4.69) is 10.6 Å². The molecule has 1 saturated heterocycles. The number of fused-ring (bicyclic) bond motifs is 1. The van der Waals surface area contributed by atoms with Crippen LogP contribution in [0.4, 0.5) is 4.79 Å². The number of hydrogen-bond donors (Lipinski definition) is 3. The maximum Gasteiger partial charge on any atom is 0.318 e. The SMILES string of the molecule is CCCNC(=O)NC=CN1C[C@H](c2ccc3c(c2)OCO3)[C@H](C(=O)O)[C@H]1c1ccc(OC)cc1. The summed E-state index contributed by atoms with van der Waals surface area (Å²) < 4.78 is 16.2. The molecule has 0 bridgehead atoms. The number of likely N-dealkylation sites (tertiary alicyclic amines) is 1. The van der Waals surface area contributed by atoms with Crippen molar-refractivity contribution in [1.82, 2.24) is 15.5 Å². The number of nitrogens with zero attached hydrogens (tertiary/aromatic N) is 1. The fourth-order valence-electron chi connectivity index (χ4n) is 4.50. The zero-order chi connectivity index (χ0) is 24.1. The Bertz CT molecular complexity index is 1060. The lowest BCUT2D eigenvalue weighted by molar-refractivity contribution is -0.143. The number of hydrogen-bond acceptors (Lipinski definition) is 6. The molecule has 34 heavy (non-hydrogen) atoms. The lowest BCUT2D eigenvalue weighted by Gasteiger charge is -2.26. The molecule has 0 aliphatic carbocycles. The van der Waals surface area contributed by atoms with Crippen LogP contribution < -0.4 is 24.8 Å². The van der Waals surface area contributed by atoms with E-state index in [0.717, 1.165) is 17.5 Å². The third-order valence-electron chi connectivity index (χ3n) is 6.12. The number of benzene rings is 2. The zero-order valence-corrected chi connectivity index (χ0v) is 19.2. The van der Waals surface area contributed by atoms with E-state index in [9.17, 15) is 14.7 Å². The predicted octanol–water partition coefficient (Wildman–Crippen LogP) is 3.45. The molecule has 0 spiro atoms. The molecular weight excluding hydrogens is 438 g/mol. The van der Waals surface area contributed by atoms with Gasteiger partial charge in [-0.25, -0.2) is 4.79 Å². The lowest BCUT2D eigenvalue weighted by atomic mass is 9.83. The number of carboxylic acids is 1. The summed E-state index contributed by atoms with van der Waals surface area (Å²) in [5, 5.41) is 15.7. The van der Waals surface area contributed by atoms with E-state index in [4.69, 9.17) is 14.2 Å². The standard InChI is InChI=1S/C25H29N3O6/c1-3-10-26-25(31)27-11-12-28-14-19(17-6-9-20-21(13-17)34-15-33-20)22(24(29)30)23(28)16-4-7-18(32-2)8-5-16/h4-9,11-13,19,22-23H,3,10,14-15H2,1-2H3,(H,29,30)(H2,26,27,31)/t19-,22+,23-/m1/s1. The number of nitrogens with one attached hydrogen (secondary N) is 2. The Hall–Kier alpha value is -3.88. The summed E-state index contributed by atoms with van der Waals surface area (Å²) in [5.74, 6) is 0.0283. The molecule has 0 saturated carbocycles. The van der Waals surface area contributed by atoms with Crippen LogP contribution in [0.2, 0.25) is 0 Å². The van der Waals surface area contributed by atoms with Gasteiger partial charge in [-0.1, -0.05) is 25.1 Å². The van der Waals surface area contributed by atoms with Crippen molar-refractivity contribution in [1.29, 1.82) is 0 Å². The number of amides is 2. The first kappa shape index (κ1) is 23.3. The number of carbonyl (C=O) groups is 2. The van der Waals surface area contributed by atoms with E-state index in [0.29, 0.717) is 30.3 Å². The second-order valence-electron chi connectivity index (χ2n) is 8.21. The Labute approximate surface area is 198 Å². The smallest absolute Gasteiger partial charge is 0.318 e. The third-order valence-corrected chi connectivity index (χ3v) is 6.12. The molecule has 2 aliphatic heterocycles. The van der Waals surface area contributed by atoms with Crippen molar-refractivity contribution in [3.8, 4) is 17.2 Å². The minimum absolute atomic E-state index is 0.154. The Morgan fingerprint density at radius 3 is 2.59 bits per heavy atom. The van der Waals surface area contributed by atoms with Crippen LogP contribution in [0, 0.1) is 5.92 Å². The molecule has 180 valence electrons. The summed E-state index contributed by atoms with van der Waals surface area (Å²) in [6.45, 7) is 3.15. The average Bonchev–Trinajstić information content (AvgIpc) is 3.47. The maximum atomic E-state index is 12.6. The lowest BCUT2D eigenvalue weighted by Crippen LogP contribution is -2.33. The molecule has 4 rings (SSSR count). The van der Waals surface area contributed by atoms with Gasteiger partial charge in [-0.2, -0.15) is 0 Å². The molecule has 9 nitrogen and oxygen atoms in total. The topological polar surface area (TPSA) is 109 Å². The van der Waals surface area contributed by atoms with E-state index in [1.54, 1.807) is 19.5 Å². The largest absolute Gasteiger partial charge is 0.497 e. The first-order valence-corrected chi connectivity index (χ1v) is 11.2. The number of ether oxygens (including phenoxy) is 3. The van der Waals surface area contributed by atoms with Crippen LogP contribution in [0.15, 0.2) is 54.9 Å². The van der Waals surface area contributed by atoms with Gasteiger partial charge in [-0.3, -0.25) is 4.79 Å². The highest BCUT2D eigenvalue weighted by atomic mass is 16.7. The van der Waals surface area contributed by atoms with E-state index < -0.39 is 17.9 Å². The van der Waals surface area contributed by atoms with Gasteiger partial charge < -0.3 is 34.9 Å². The minimum Gasteiger partial charge on any atom is -0.497 e. The minimum atomic E-state index is -0.895. The number of carbonyl (C=O) groups excluding carboxylic acids is 1. The maximum absolute atomic E-state index is 12.6. The molecule has 2 amide bonds. The number of rotatable bonds is 8. The molecule has 9 heteroatoms. The fourth-order valence-corrected chi connectivity index (χ4v) is 4.50. The highest BCUT2D eigenvalue weighted by molar-refractivity contribution is 5.75. The molecular formula is C25H29N3O6. The Morgan fingerprint density at radius 1 is 1.15 bits per heavy atom. The molecule has 0 radical (unpaired) electrons. The highest BCUT2D eigenvalue weighted by Gasteiger charge is 2.46. The van der Waals surface area contributed by atoms with Gasteiger partial charge in [0, 0.05) is 31.4 Å². The van der Waals surface area contributed by atoms with Gasteiger partial charge >= 0.3 is 12.0 Å². The molecule has 1 fully saturated rings. The molecule has 2 aromatic rings. The highest BCUT2D eigenvalue weighted by Crippen LogP contribution is 2.48. The molecule has 0 aromatic heterocycles. The average molecular weight is 468 g/mol. The first-order chi connectivity index (χ1) is 16.5. The van der Waals surface area contributed by atoms with Crippen molar-refractivity contribution in [2.45, 2.75) is 25.3 Å². The van der Waals surface area contributed by atoms with Gasteiger partial charge in [0.25, 0.3) is 0 Å². The van der Waals surface area contributed by atoms with Crippen molar-refractivity contribution < 1.29 is 28.9 Å². The number of carboxylic acid groups (broad SMARTS) is 1. The van der Waals surface area contributed by atoms with Gasteiger partial charge in [0.05, 0.1) is 19.1 Å². The molecule has 3 N–H and O–H groups in total. The molecule has 0 unspecified atom stereocenters. The zero-order valence-electron chi connectivity index (χ0n) is 19.2. The van der Waals surface area contributed by atoms with Crippen molar-refractivity contribution >= 4 is 12.0 Å². The van der Waals surface area contributed by atoms with E-state index in [1.165, 1.54) is 0 Å². The number of methoxy groups -OCH3 is 1. The van der Waals surface area contributed by atoms with E-state index in [1.807, 2.05) is 54.3 Å². The third kappa shape index (κ3) is 4.88. The van der Waals surface area contributed by atoms with Crippen molar-refractivity contribution in [3.05, 3.63) is 66.0 Å². The second kappa shape index (κ2) is 10.4. The molecule has 2 heterocycles. The summed E-state index contributed by atoms with van der Waals surface area (Å²) in [7, 11) is 1.59. The number of urea groups is 1. The summed E-state index contributed by atoms with van der Waals surface area (Å²) in [6, 6.07) is 12.2. The number of aliphatic carboxylic acids is 1. The summed E-state index contributed by atoms with van der Waals surface area (Å²) in [4.78, 5) is 26.5. The van der Waals surface area contributed by atoms with Crippen molar-refractivity contribution in [2.75, 3.05) is 27.0 Å². The Kier molecular flexibility index (Phi) is 7.10. The molecule has 2 aromatic carbocycles. The van der Waals surface area contributed by atoms with Crippen molar-refractivity contribution in [2.24, 2.45) is 5.92 Å².